The molecule has 2 aromatic heterocycles. The molecule has 23 heavy (non-hydrogen) atoms. The van der Waals surface area contributed by atoms with Gasteiger partial charge in [-0.15, -0.1) is 11.3 Å². The van der Waals surface area contributed by atoms with Crippen LogP contribution < -0.4 is 5.32 Å². The largest absolute Gasteiger partial charge is 0.353 e. The van der Waals surface area contributed by atoms with Gasteiger partial charge in [0.15, 0.2) is 0 Å². The smallest absolute Gasteiger partial charge is 0.226 e. The molecule has 0 spiro atoms. The highest BCUT2D eigenvalue weighted by atomic mass is 32.2. The summed E-state index contributed by atoms with van der Waals surface area (Å²) in [6.45, 7) is 3.82. The molecule has 0 bridgehead atoms. The van der Waals surface area contributed by atoms with Gasteiger partial charge in [-0.25, -0.2) is 9.61 Å². The van der Waals surface area contributed by atoms with E-state index in [9.17, 15) is 4.79 Å². The summed E-state index contributed by atoms with van der Waals surface area (Å²) in [7, 11) is 0. The van der Waals surface area contributed by atoms with Crippen LogP contribution in [0.4, 0.5) is 0 Å². The molecule has 6 nitrogen and oxygen atoms in total. The zero-order valence-electron chi connectivity index (χ0n) is 13.2. The molecule has 0 aliphatic heterocycles. The SMILES string of the molecule is Cc1csc(SC2CCC(NC(=O)Cc3nonc3C)CC2)n1. The second-order valence-corrected chi connectivity index (χ2v) is 8.29. The number of thiazole rings is 1. The Morgan fingerprint density at radius 2 is 2.13 bits per heavy atom. The Labute approximate surface area is 143 Å². The lowest BCUT2D eigenvalue weighted by Gasteiger charge is -2.28. The van der Waals surface area contributed by atoms with Crippen molar-refractivity contribution in [3.8, 4) is 0 Å². The van der Waals surface area contributed by atoms with Gasteiger partial charge < -0.3 is 5.32 Å². The minimum Gasteiger partial charge on any atom is -0.353 e. The topological polar surface area (TPSA) is 80.9 Å². The second kappa shape index (κ2) is 7.44. The van der Waals surface area contributed by atoms with Gasteiger partial charge in [-0.05, 0) is 39.5 Å². The molecule has 8 heteroatoms. The average molecular weight is 352 g/mol. The molecule has 1 saturated carbocycles. The summed E-state index contributed by atoms with van der Waals surface area (Å²) >= 11 is 3.59. The fourth-order valence-electron chi connectivity index (χ4n) is 2.69. The lowest BCUT2D eigenvalue weighted by molar-refractivity contribution is -0.121. The van der Waals surface area contributed by atoms with Gasteiger partial charge in [0, 0.05) is 22.4 Å². The fourth-order valence-corrected chi connectivity index (χ4v) is 4.98. The van der Waals surface area contributed by atoms with Crippen molar-refractivity contribution in [2.75, 3.05) is 0 Å². The molecule has 0 unspecified atom stereocenters. The summed E-state index contributed by atoms with van der Waals surface area (Å²) < 4.78 is 5.78. The number of hydrogen-bond acceptors (Lipinski definition) is 7. The molecule has 0 aromatic carbocycles. The Balaban J connectivity index is 1.42. The Hall–Kier alpha value is -1.41. The number of carbonyl (C=O) groups excluding carboxylic acids is 1. The summed E-state index contributed by atoms with van der Waals surface area (Å²) in [4.78, 5) is 16.6. The molecule has 2 heterocycles. The van der Waals surface area contributed by atoms with E-state index in [0.29, 0.717) is 16.6 Å². The Morgan fingerprint density at radius 3 is 2.74 bits per heavy atom. The highest BCUT2D eigenvalue weighted by molar-refractivity contribution is 8.01. The van der Waals surface area contributed by atoms with Gasteiger partial charge in [-0.1, -0.05) is 22.1 Å². The molecule has 0 saturated heterocycles. The number of carbonyl (C=O) groups is 1. The van der Waals surface area contributed by atoms with Crippen LogP contribution in [0.1, 0.15) is 42.8 Å². The van der Waals surface area contributed by atoms with E-state index in [0.717, 1.165) is 35.7 Å². The number of hydrogen-bond donors (Lipinski definition) is 1. The van der Waals surface area contributed by atoms with Crippen LogP contribution in [-0.4, -0.2) is 32.5 Å². The summed E-state index contributed by atoms with van der Waals surface area (Å²) in [5.74, 6) is -0.00421. The number of amides is 1. The van der Waals surface area contributed by atoms with Crippen LogP contribution in [-0.2, 0) is 11.2 Å². The van der Waals surface area contributed by atoms with Gasteiger partial charge in [-0.2, -0.15) is 0 Å². The predicted octanol–water partition coefficient (Wildman–Crippen LogP) is 2.91. The minimum atomic E-state index is -0.00421. The first-order chi connectivity index (χ1) is 11.1. The first-order valence-corrected chi connectivity index (χ1v) is 9.52. The van der Waals surface area contributed by atoms with Crippen LogP contribution in [0.15, 0.2) is 14.3 Å². The summed E-state index contributed by atoms with van der Waals surface area (Å²) in [6, 6.07) is 0.262. The molecule has 2 aromatic rings. The summed E-state index contributed by atoms with van der Waals surface area (Å²) in [6.07, 6.45) is 4.49. The predicted molar refractivity (Wildman–Crippen MR) is 89.6 cm³/mol. The molecule has 0 radical (unpaired) electrons. The first kappa shape index (κ1) is 16.4. The third kappa shape index (κ3) is 4.54. The second-order valence-electron chi connectivity index (χ2n) is 5.89. The van der Waals surface area contributed by atoms with E-state index in [1.807, 2.05) is 18.7 Å². The van der Waals surface area contributed by atoms with Crippen LogP contribution >= 0.6 is 23.1 Å². The Morgan fingerprint density at radius 1 is 1.35 bits per heavy atom. The average Bonchev–Trinajstić information content (AvgIpc) is 3.10. The summed E-state index contributed by atoms with van der Waals surface area (Å²) in [5, 5.41) is 13.2. The van der Waals surface area contributed by atoms with E-state index < -0.39 is 0 Å². The van der Waals surface area contributed by atoms with Crippen LogP contribution in [0, 0.1) is 13.8 Å². The Kier molecular flexibility index (Phi) is 5.32. The van der Waals surface area contributed by atoms with Crippen LogP contribution in [0.3, 0.4) is 0 Å². The highest BCUT2D eigenvalue weighted by Crippen LogP contribution is 2.35. The molecule has 1 aliphatic rings. The van der Waals surface area contributed by atoms with E-state index in [1.165, 1.54) is 0 Å². The van der Waals surface area contributed by atoms with Gasteiger partial charge >= 0.3 is 0 Å². The van der Waals surface area contributed by atoms with Crippen molar-refractivity contribution in [2.24, 2.45) is 0 Å². The normalized spacial score (nSPS) is 21.3. The van der Waals surface area contributed by atoms with Crippen molar-refractivity contribution in [3.63, 3.8) is 0 Å². The third-order valence-electron chi connectivity index (χ3n) is 3.98. The van der Waals surface area contributed by atoms with Crippen LogP contribution in [0.2, 0.25) is 0 Å². The van der Waals surface area contributed by atoms with Gasteiger partial charge in [0.2, 0.25) is 5.91 Å². The van der Waals surface area contributed by atoms with Crippen molar-refractivity contribution in [2.45, 2.75) is 61.6 Å². The van der Waals surface area contributed by atoms with E-state index in [-0.39, 0.29) is 18.4 Å². The number of aromatic nitrogens is 3. The number of thioether (sulfide) groups is 1. The van der Waals surface area contributed by atoms with Crippen molar-refractivity contribution in [3.05, 3.63) is 22.5 Å². The quantitative estimate of drug-likeness (QED) is 0.891. The maximum Gasteiger partial charge on any atom is 0.226 e. The molecule has 1 N–H and O–H groups in total. The summed E-state index contributed by atoms with van der Waals surface area (Å²) in [5.41, 5.74) is 2.39. The standard InChI is InChI=1S/C15H20N4O2S2/c1-9-8-22-15(16-9)23-12-5-3-11(4-6-12)17-14(20)7-13-10(2)18-21-19-13/h8,11-12H,3-7H2,1-2H3,(H,17,20). The lowest BCUT2D eigenvalue weighted by atomic mass is 9.95. The van der Waals surface area contributed by atoms with E-state index in [4.69, 9.17) is 0 Å². The monoisotopic (exact) mass is 352 g/mol. The zero-order valence-corrected chi connectivity index (χ0v) is 14.9. The molecule has 1 aliphatic carbocycles. The van der Waals surface area contributed by atoms with Gasteiger partial charge in [0.05, 0.1) is 6.42 Å². The highest BCUT2D eigenvalue weighted by Gasteiger charge is 2.24. The lowest BCUT2D eigenvalue weighted by Crippen LogP contribution is -2.39. The third-order valence-corrected chi connectivity index (χ3v) is 6.41. The number of nitrogens with one attached hydrogen (secondary N) is 1. The molecule has 3 rings (SSSR count). The zero-order chi connectivity index (χ0) is 16.2. The number of aryl methyl sites for hydroxylation is 2. The molecule has 124 valence electrons. The van der Waals surface area contributed by atoms with Crippen molar-refractivity contribution in [1.82, 2.24) is 20.6 Å². The molecule has 0 atom stereocenters. The fraction of sp³-hybridized carbons (Fsp3) is 0.600. The van der Waals surface area contributed by atoms with Crippen LogP contribution in [0.25, 0.3) is 0 Å². The molecular formula is C15H20N4O2S2. The van der Waals surface area contributed by atoms with Gasteiger partial charge in [0.1, 0.15) is 15.7 Å². The minimum absolute atomic E-state index is 0.00421. The van der Waals surface area contributed by atoms with Crippen molar-refractivity contribution < 1.29 is 9.42 Å². The molecular weight excluding hydrogens is 332 g/mol. The van der Waals surface area contributed by atoms with E-state index >= 15 is 0 Å². The van der Waals surface area contributed by atoms with Crippen molar-refractivity contribution >= 4 is 29.0 Å². The molecule has 1 fully saturated rings. The van der Waals surface area contributed by atoms with Crippen molar-refractivity contribution in [1.29, 1.82) is 0 Å². The molecule has 1 amide bonds. The number of rotatable bonds is 5. The number of nitrogens with zero attached hydrogens (tertiary/aromatic N) is 3. The van der Waals surface area contributed by atoms with E-state index in [1.54, 1.807) is 18.3 Å². The van der Waals surface area contributed by atoms with Gasteiger partial charge in [-0.3, -0.25) is 4.79 Å². The van der Waals surface area contributed by atoms with Gasteiger partial charge in [0.25, 0.3) is 0 Å². The maximum absolute atomic E-state index is 12.1. The Bertz CT molecular complexity index is 662. The van der Waals surface area contributed by atoms with E-state index in [2.05, 4.69) is 30.6 Å². The van der Waals surface area contributed by atoms with Crippen LogP contribution in [0.5, 0.6) is 0 Å². The maximum atomic E-state index is 12.1. The first-order valence-electron chi connectivity index (χ1n) is 7.76.